The van der Waals surface area contributed by atoms with E-state index in [1.165, 1.54) is 41.1 Å². The van der Waals surface area contributed by atoms with E-state index >= 15 is 0 Å². The quantitative estimate of drug-likeness (QED) is 0.0859. The molecule has 3 atom stereocenters. The van der Waals surface area contributed by atoms with Gasteiger partial charge < -0.3 is 45.1 Å². The lowest BCUT2D eigenvalue weighted by Crippen LogP contribution is -2.71. The molecule has 2 aliphatic rings. The average Bonchev–Trinajstić information content (AvgIpc) is 3.08. The van der Waals surface area contributed by atoms with E-state index in [1.54, 1.807) is 6.92 Å². The molecule has 0 aliphatic carbocycles. The van der Waals surface area contributed by atoms with Crippen LogP contribution in [0.2, 0.25) is 0 Å². The van der Waals surface area contributed by atoms with Gasteiger partial charge >= 0.3 is 17.9 Å². The number of hydrogen-bond acceptors (Lipinski definition) is 12. The number of β-lactam (4-membered cyclic amide) rings is 1. The maximum absolute atomic E-state index is 13.8. The van der Waals surface area contributed by atoms with Crippen LogP contribution >= 0.6 is 11.8 Å². The zero-order chi connectivity index (χ0) is 36.4. The minimum atomic E-state index is -1.54. The molecule has 2 aromatic carbocycles. The van der Waals surface area contributed by atoms with E-state index in [-0.39, 0.29) is 52.4 Å². The average molecular weight is 711 g/mol. The lowest BCUT2D eigenvalue weighted by atomic mass is 10.0. The number of esters is 1. The fourth-order valence-corrected chi connectivity index (χ4v) is 6.80. The first kappa shape index (κ1) is 35.3. The Kier molecular flexibility index (Phi) is 10.0. The van der Waals surface area contributed by atoms with Crippen molar-refractivity contribution in [1.29, 1.82) is 0 Å². The standard InChI is InChI=1S/C32H30N4O13S/c1-3-35-10-19(27(42)18-8-21(38)22(39)9-20(18)35)28(43)33-24(15-4-6-17(7-5-15)49-12-23(40)41)29(44)34-25-30(45)36-26(32(46)47)16(11-48-14(2)37)13-50-31(25)36/h4-10,24-25,31,38-39H,3,11-13H2,1-2H3,(H,33,43)(H,34,44)(H,40,41)(H,46,47)/t24?,25-,31-/m1/s1. The second kappa shape index (κ2) is 14.2. The van der Waals surface area contributed by atoms with Crippen molar-refractivity contribution in [3.05, 3.63) is 75.2 Å². The number of phenolic OH excluding ortho intramolecular Hbond substituents is 2. The normalized spacial score (nSPS) is 17.3. The predicted octanol–water partition coefficient (Wildman–Crippen LogP) is 0.669. The van der Waals surface area contributed by atoms with Gasteiger partial charge in [0.2, 0.25) is 11.3 Å². The largest absolute Gasteiger partial charge is 0.504 e. The zero-order valence-electron chi connectivity index (χ0n) is 26.4. The smallest absolute Gasteiger partial charge is 0.352 e. The first-order chi connectivity index (χ1) is 23.7. The Morgan fingerprint density at radius 1 is 1.04 bits per heavy atom. The van der Waals surface area contributed by atoms with Gasteiger partial charge in [-0.3, -0.25) is 28.9 Å². The van der Waals surface area contributed by atoms with Crippen molar-refractivity contribution >= 4 is 58.3 Å². The number of phenols is 2. The highest BCUT2D eigenvalue weighted by molar-refractivity contribution is 8.00. The van der Waals surface area contributed by atoms with Gasteiger partial charge in [0, 0.05) is 37.1 Å². The molecule has 3 heterocycles. The van der Waals surface area contributed by atoms with Crippen molar-refractivity contribution in [1.82, 2.24) is 20.1 Å². The fourth-order valence-electron chi connectivity index (χ4n) is 5.47. The van der Waals surface area contributed by atoms with E-state index in [9.17, 15) is 48.9 Å². The topological polar surface area (TPSA) is 251 Å². The number of carboxylic acids is 2. The van der Waals surface area contributed by atoms with Crippen molar-refractivity contribution in [3.63, 3.8) is 0 Å². The van der Waals surface area contributed by atoms with Crippen molar-refractivity contribution in [2.24, 2.45) is 0 Å². The molecule has 1 aromatic heterocycles. The van der Waals surface area contributed by atoms with Crippen LogP contribution in [-0.4, -0.2) is 95.9 Å². The van der Waals surface area contributed by atoms with Gasteiger partial charge in [-0.2, -0.15) is 0 Å². The van der Waals surface area contributed by atoms with Gasteiger partial charge in [0.15, 0.2) is 18.1 Å². The molecular formula is C32H30N4O13S. The van der Waals surface area contributed by atoms with Crippen LogP contribution < -0.4 is 20.8 Å². The second-order valence-corrected chi connectivity index (χ2v) is 12.2. The maximum Gasteiger partial charge on any atom is 0.352 e. The third-order valence-electron chi connectivity index (χ3n) is 7.87. The summed E-state index contributed by atoms with van der Waals surface area (Å²) in [7, 11) is 0. The van der Waals surface area contributed by atoms with Crippen molar-refractivity contribution in [2.75, 3.05) is 19.0 Å². The Morgan fingerprint density at radius 3 is 2.34 bits per heavy atom. The molecule has 0 spiro atoms. The van der Waals surface area contributed by atoms with E-state index in [1.807, 2.05) is 0 Å². The van der Waals surface area contributed by atoms with Crippen LogP contribution in [0.1, 0.15) is 35.8 Å². The van der Waals surface area contributed by atoms with Crippen LogP contribution in [0.5, 0.6) is 17.2 Å². The summed E-state index contributed by atoms with van der Waals surface area (Å²) in [5, 5.41) is 42.9. The number of pyridine rings is 1. The molecule has 6 N–H and O–H groups in total. The molecule has 262 valence electrons. The number of hydrogen-bond donors (Lipinski definition) is 6. The first-order valence-corrected chi connectivity index (χ1v) is 15.9. The minimum absolute atomic E-state index is 0.0761. The van der Waals surface area contributed by atoms with Crippen molar-refractivity contribution < 1.29 is 58.7 Å². The summed E-state index contributed by atoms with van der Waals surface area (Å²) in [5.74, 6) is -6.82. The maximum atomic E-state index is 13.8. The number of amides is 3. The summed E-state index contributed by atoms with van der Waals surface area (Å²) in [5.41, 5.74) is -1.01. The summed E-state index contributed by atoms with van der Waals surface area (Å²) in [6.45, 7) is 2.13. The molecule has 17 nitrogen and oxygen atoms in total. The van der Waals surface area contributed by atoms with Crippen molar-refractivity contribution in [2.45, 2.75) is 37.8 Å². The van der Waals surface area contributed by atoms with Gasteiger partial charge in [-0.05, 0) is 30.7 Å². The van der Waals surface area contributed by atoms with E-state index in [4.69, 9.17) is 14.6 Å². The summed E-state index contributed by atoms with van der Waals surface area (Å²) in [6, 6.07) is 4.86. The molecule has 0 bridgehead atoms. The molecule has 1 saturated heterocycles. The Morgan fingerprint density at radius 2 is 1.72 bits per heavy atom. The molecule has 0 radical (unpaired) electrons. The van der Waals surface area contributed by atoms with Gasteiger partial charge in [0.1, 0.15) is 41.1 Å². The number of fused-ring (bicyclic) bond motifs is 2. The highest BCUT2D eigenvalue weighted by atomic mass is 32.2. The molecule has 0 saturated carbocycles. The Balaban J connectivity index is 1.45. The zero-order valence-corrected chi connectivity index (χ0v) is 27.2. The third kappa shape index (κ3) is 6.91. The monoisotopic (exact) mass is 710 g/mol. The third-order valence-corrected chi connectivity index (χ3v) is 9.21. The van der Waals surface area contributed by atoms with E-state index in [2.05, 4.69) is 10.6 Å². The molecule has 5 rings (SSSR count). The number of ether oxygens (including phenoxy) is 2. The SMILES string of the molecule is CCn1cc(C(=O)NC(C(=O)N[C@@H]2C(=O)N3C(C(=O)O)=C(COC(C)=O)CS[C@H]23)c2ccc(OCC(=O)O)cc2)c(=O)c2cc(O)c(O)cc21. The van der Waals surface area contributed by atoms with Crippen LogP contribution in [0.15, 0.2) is 58.7 Å². The van der Waals surface area contributed by atoms with E-state index < -0.39 is 82.2 Å². The van der Waals surface area contributed by atoms with Gasteiger partial charge in [-0.1, -0.05) is 12.1 Å². The predicted molar refractivity (Wildman–Crippen MR) is 173 cm³/mol. The van der Waals surface area contributed by atoms with Gasteiger partial charge in [0.05, 0.1) is 10.9 Å². The number of aromatic hydroxyl groups is 2. The van der Waals surface area contributed by atoms with Crippen molar-refractivity contribution in [3.8, 4) is 17.2 Å². The Bertz CT molecular complexity index is 2020. The minimum Gasteiger partial charge on any atom is -0.504 e. The molecular weight excluding hydrogens is 680 g/mol. The Labute approximate surface area is 286 Å². The summed E-state index contributed by atoms with van der Waals surface area (Å²) >= 11 is 1.13. The molecule has 3 amide bonds. The van der Waals surface area contributed by atoms with E-state index in [0.29, 0.717) is 0 Å². The summed E-state index contributed by atoms with van der Waals surface area (Å²) < 4.78 is 11.6. The molecule has 1 unspecified atom stereocenters. The molecule has 2 aliphatic heterocycles. The Hall–Kier alpha value is -6.04. The van der Waals surface area contributed by atoms with Crippen LogP contribution in [0.3, 0.4) is 0 Å². The number of carboxylic acid groups (broad SMARTS) is 2. The summed E-state index contributed by atoms with van der Waals surface area (Å²) in [6.07, 6.45) is 1.23. The molecule has 3 aromatic rings. The number of aliphatic carboxylic acids is 2. The highest BCUT2D eigenvalue weighted by Gasteiger charge is 2.54. The number of aryl methyl sites for hydroxylation is 1. The summed E-state index contributed by atoms with van der Waals surface area (Å²) in [4.78, 5) is 89.5. The van der Waals surface area contributed by atoms with Gasteiger partial charge in [-0.15, -0.1) is 11.8 Å². The molecule has 50 heavy (non-hydrogen) atoms. The van der Waals surface area contributed by atoms with Crippen LogP contribution in [0, 0.1) is 0 Å². The molecule has 18 heteroatoms. The second-order valence-electron chi connectivity index (χ2n) is 11.1. The van der Waals surface area contributed by atoms with Crippen LogP contribution in [0.25, 0.3) is 10.9 Å². The number of benzene rings is 2. The van der Waals surface area contributed by atoms with Gasteiger partial charge in [0.25, 0.3) is 11.8 Å². The number of aromatic nitrogens is 1. The highest BCUT2D eigenvalue weighted by Crippen LogP contribution is 2.40. The van der Waals surface area contributed by atoms with Gasteiger partial charge in [-0.25, -0.2) is 9.59 Å². The number of nitrogens with one attached hydrogen (secondary N) is 2. The fraction of sp³-hybridized carbons (Fsp3) is 0.281. The number of carbonyl (C=O) groups excluding carboxylic acids is 4. The number of nitrogens with zero attached hydrogens (tertiary/aromatic N) is 2. The lowest BCUT2D eigenvalue weighted by Gasteiger charge is -2.49. The van der Waals surface area contributed by atoms with Crippen LogP contribution in [-0.2, 0) is 35.3 Å². The number of carbonyl (C=O) groups is 6. The first-order valence-electron chi connectivity index (χ1n) is 14.9. The molecule has 1 fully saturated rings. The van der Waals surface area contributed by atoms with E-state index in [0.717, 1.165) is 29.7 Å². The number of thioether (sulfide) groups is 1. The lowest BCUT2D eigenvalue weighted by molar-refractivity contribution is -0.151. The number of rotatable bonds is 12. The van der Waals surface area contributed by atoms with Crippen LogP contribution in [0.4, 0.5) is 0 Å².